The highest BCUT2D eigenvalue weighted by atomic mass is 35.5. The van der Waals surface area contributed by atoms with E-state index in [9.17, 15) is 4.79 Å². The summed E-state index contributed by atoms with van der Waals surface area (Å²) in [6.45, 7) is 2.04. The summed E-state index contributed by atoms with van der Waals surface area (Å²) in [7, 11) is 5.49. The minimum absolute atomic E-state index is 0.0158. The number of amides is 1. The summed E-state index contributed by atoms with van der Waals surface area (Å²) in [5.41, 5.74) is 1.39. The van der Waals surface area contributed by atoms with Gasteiger partial charge >= 0.3 is 0 Å². The number of nitrogens with one attached hydrogen (secondary N) is 1. The van der Waals surface area contributed by atoms with Gasteiger partial charge in [-0.3, -0.25) is 14.3 Å². The number of aromatic nitrogens is 3. The van der Waals surface area contributed by atoms with Crippen LogP contribution in [0.4, 0.5) is 5.69 Å². The van der Waals surface area contributed by atoms with E-state index < -0.39 is 0 Å². The summed E-state index contributed by atoms with van der Waals surface area (Å²) < 4.78 is 7.22. The molecule has 0 spiro atoms. The van der Waals surface area contributed by atoms with Gasteiger partial charge in [-0.05, 0) is 63.5 Å². The van der Waals surface area contributed by atoms with Crippen molar-refractivity contribution in [2.24, 2.45) is 0 Å². The Hall–Kier alpha value is -2.26. The van der Waals surface area contributed by atoms with Gasteiger partial charge in [0, 0.05) is 15.7 Å². The molecule has 31 heavy (non-hydrogen) atoms. The fourth-order valence-corrected chi connectivity index (χ4v) is 3.86. The van der Waals surface area contributed by atoms with Gasteiger partial charge in [0.05, 0.1) is 24.6 Å². The van der Waals surface area contributed by atoms with E-state index in [0.717, 1.165) is 11.5 Å². The van der Waals surface area contributed by atoms with Crippen LogP contribution in [-0.2, 0) is 4.79 Å². The number of hydrogen-bond acceptors (Lipinski definition) is 6. The Labute approximate surface area is 195 Å². The number of nitrogens with zero attached hydrogens (tertiary/aromatic N) is 4. The lowest BCUT2D eigenvalue weighted by molar-refractivity contribution is -0.113. The van der Waals surface area contributed by atoms with Crippen LogP contribution in [0.5, 0.6) is 5.75 Å². The molecule has 1 unspecified atom stereocenters. The van der Waals surface area contributed by atoms with Crippen LogP contribution < -0.4 is 10.1 Å². The van der Waals surface area contributed by atoms with Crippen LogP contribution in [0.3, 0.4) is 0 Å². The summed E-state index contributed by atoms with van der Waals surface area (Å²) in [4.78, 5) is 14.6. The first-order valence-corrected chi connectivity index (χ1v) is 11.2. The normalized spacial score (nSPS) is 12.1. The molecule has 0 bridgehead atoms. The zero-order valence-corrected chi connectivity index (χ0v) is 19.9. The van der Waals surface area contributed by atoms with E-state index in [4.69, 9.17) is 27.9 Å². The van der Waals surface area contributed by atoms with E-state index in [-0.39, 0.29) is 17.7 Å². The molecule has 0 radical (unpaired) electrons. The first kappa shape index (κ1) is 23.4. The Kier molecular flexibility index (Phi) is 7.83. The maximum atomic E-state index is 12.6. The number of carbonyl (C=O) groups excluding carboxylic acids is 1. The molecule has 164 valence electrons. The average Bonchev–Trinajstić information content (AvgIpc) is 3.16. The Morgan fingerprint density at radius 1 is 1.16 bits per heavy atom. The zero-order valence-electron chi connectivity index (χ0n) is 17.6. The quantitative estimate of drug-likeness (QED) is 0.461. The van der Waals surface area contributed by atoms with E-state index in [2.05, 4.69) is 15.5 Å². The van der Waals surface area contributed by atoms with Gasteiger partial charge in [-0.2, -0.15) is 0 Å². The lowest BCUT2D eigenvalue weighted by atomic mass is 10.2. The average molecular weight is 480 g/mol. The third kappa shape index (κ3) is 5.71. The largest absolute Gasteiger partial charge is 0.495 e. The molecule has 0 saturated carbocycles. The van der Waals surface area contributed by atoms with Crippen LogP contribution >= 0.6 is 35.0 Å². The van der Waals surface area contributed by atoms with Crippen LogP contribution in [0.25, 0.3) is 5.69 Å². The van der Waals surface area contributed by atoms with Crippen molar-refractivity contribution in [3.63, 3.8) is 0 Å². The van der Waals surface area contributed by atoms with Crippen LogP contribution in [0, 0.1) is 0 Å². The maximum absolute atomic E-state index is 12.6. The van der Waals surface area contributed by atoms with Gasteiger partial charge in [0.15, 0.2) is 11.0 Å². The number of thioether (sulfide) groups is 1. The van der Waals surface area contributed by atoms with Gasteiger partial charge in [0.2, 0.25) is 5.91 Å². The first-order chi connectivity index (χ1) is 14.8. The number of methoxy groups -OCH3 is 1. The molecule has 0 fully saturated rings. The monoisotopic (exact) mass is 479 g/mol. The SMILES string of the molecule is COc1ccc(Cl)cc1NC(=O)CSc1nnc(C(C)N(C)C)n1-c1ccc(Cl)cc1. The number of hydrogen-bond donors (Lipinski definition) is 1. The molecular formula is C21H23Cl2N5O2S. The number of carbonyl (C=O) groups is 1. The predicted molar refractivity (Wildman–Crippen MR) is 126 cm³/mol. The molecule has 0 aliphatic carbocycles. The third-order valence-corrected chi connectivity index (χ3v) is 6.08. The predicted octanol–water partition coefficient (Wildman–Crippen LogP) is 4.94. The molecular weight excluding hydrogens is 457 g/mol. The molecule has 1 N–H and O–H groups in total. The van der Waals surface area contributed by atoms with E-state index in [1.54, 1.807) is 18.2 Å². The van der Waals surface area contributed by atoms with Crippen LogP contribution in [0.1, 0.15) is 18.8 Å². The fraction of sp³-hybridized carbons (Fsp3) is 0.286. The van der Waals surface area contributed by atoms with Crippen LogP contribution in [-0.4, -0.2) is 52.5 Å². The highest BCUT2D eigenvalue weighted by Crippen LogP contribution is 2.30. The zero-order chi connectivity index (χ0) is 22.5. The molecule has 7 nitrogen and oxygen atoms in total. The van der Waals surface area contributed by atoms with E-state index >= 15 is 0 Å². The Morgan fingerprint density at radius 2 is 1.84 bits per heavy atom. The van der Waals surface area contributed by atoms with Crippen LogP contribution in [0.2, 0.25) is 10.0 Å². The number of halogens is 2. The highest BCUT2D eigenvalue weighted by molar-refractivity contribution is 7.99. The molecule has 1 amide bonds. The summed E-state index contributed by atoms with van der Waals surface area (Å²) in [6, 6.07) is 12.5. The minimum atomic E-state index is -0.210. The second-order valence-electron chi connectivity index (χ2n) is 6.97. The van der Waals surface area contributed by atoms with Crippen molar-refractivity contribution in [3.05, 3.63) is 58.3 Å². The van der Waals surface area contributed by atoms with Crippen LogP contribution in [0.15, 0.2) is 47.6 Å². The van der Waals surface area contributed by atoms with Crippen molar-refractivity contribution in [3.8, 4) is 11.4 Å². The summed E-state index contributed by atoms with van der Waals surface area (Å²) in [5.74, 6) is 1.23. The first-order valence-electron chi connectivity index (χ1n) is 9.44. The van der Waals surface area contributed by atoms with Gasteiger partial charge in [0.1, 0.15) is 5.75 Å². The van der Waals surface area contributed by atoms with Crippen molar-refractivity contribution in [1.29, 1.82) is 0 Å². The minimum Gasteiger partial charge on any atom is -0.495 e. The summed E-state index contributed by atoms with van der Waals surface area (Å²) in [5, 5.41) is 13.3. The van der Waals surface area contributed by atoms with Gasteiger partial charge in [-0.1, -0.05) is 35.0 Å². The second kappa shape index (κ2) is 10.4. The van der Waals surface area contributed by atoms with E-state index in [1.807, 2.05) is 54.8 Å². The summed E-state index contributed by atoms with van der Waals surface area (Å²) in [6.07, 6.45) is 0. The number of rotatable bonds is 8. The molecule has 0 saturated heterocycles. The smallest absolute Gasteiger partial charge is 0.234 e. The number of benzene rings is 2. The van der Waals surface area contributed by atoms with Gasteiger partial charge < -0.3 is 10.1 Å². The Bertz CT molecular complexity index is 1060. The molecule has 3 aromatic rings. The molecule has 0 aliphatic heterocycles. The van der Waals surface area contributed by atoms with Crippen molar-refractivity contribution in [1.82, 2.24) is 19.7 Å². The third-order valence-electron chi connectivity index (χ3n) is 4.66. The lowest BCUT2D eigenvalue weighted by Crippen LogP contribution is -2.21. The summed E-state index contributed by atoms with van der Waals surface area (Å²) >= 11 is 13.4. The van der Waals surface area contributed by atoms with Gasteiger partial charge in [-0.15, -0.1) is 10.2 Å². The molecule has 2 aromatic carbocycles. The van der Waals surface area contributed by atoms with E-state index in [0.29, 0.717) is 26.6 Å². The molecule has 3 rings (SSSR count). The molecule has 10 heteroatoms. The van der Waals surface area contributed by atoms with Crippen molar-refractivity contribution < 1.29 is 9.53 Å². The molecule has 0 aliphatic rings. The number of ether oxygens (including phenoxy) is 1. The van der Waals surface area contributed by atoms with Crippen molar-refractivity contribution in [2.75, 3.05) is 32.3 Å². The van der Waals surface area contributed by atoms with Gasteiger partial charge in [0.25, 0.3) is 0 Å². The standard InChI is InChI=1S/C21H23Cl2N5O2S/c1-13(27(2)3)20-25-26-21(28(20)16-8-5-14(22)6-9-16)31-12-19(29)24-17-11-15(23)7-10-18(17)30-4/h5-11,13H,12H2,1-4H3,(H,24,29). The second-order valence-corrected chi connectivity index (χ2v) is 8.79. The van der Waals surface area contributed by atoms with Crippen molar-refractivity contribution in [2.45, 2.75) is 18.1 Å². The van der Waals surface area contributed by atoms with Gasteiger partial charge in [-0.25, -0.2) is 0 Å². The lowest BCUT2D eigenvalue weighted by Gasteiger charge is -2.20. The number of anilines is 1. The Balaban J connectivity index is 1.82. The molecule has 1 heterocycles. The maximum Gasteiger partial charge on any atom is 0.234 e. The topological polar surface area (TPSA) is 72.3 Å². The van der Waals surface area contributed by atoms with E-state index in [1.165, 1.54) is 18.9 Å². The van der Waals surface area contributed by atoms with Crippen molar-refractivity contribution >= 4 is 46.6 Å². The fourth-order valence-electron chi connectivity index (χ4n) is 2.80. The Morgan fingerprint density at radius 3 is 2.48 bits per heavy atom. The molecule has 1 aromatic heterocycles. The molecule has 1 atom stereocenters. The highest BCUT2D eigenvalue weighted by Gasteiger charge is 2.21.